The summed E-state index contributed by atoms with van der Waals surface area (Å²) < 4.78 is 10.6. The molecule has 4 rings (SSSR count). The molecule has 0 bridgehead atoms. The van der Waals surface area contributed by atoms with Crippen LogP contribution in [0.2, 0.25) is 0 Å². The summed E-state index contributed by atoms with van der Waals surface area (Å²) in [5.74, 6) is 2.85. The number of ether oxygens (including phenoxy) is 1. The largest absolute Gasteiger partial charge is 0.378 e. The van der Waals surface area contributed by atoms with E-state index in [-0.39, 0.29) is 0 Å². The van der Waals surface area contributed by atoms with Crippen LogP contribution in [0.15, 0.2) is 22.9 Å². The van der Waals surface area contributed by atoms with Gasteiger partial charge in [0, 0.05) is 30.8 Å². The molecule has 1 aliphatic carbocycles. The number of hydrogen-bond donors (Lipinski definition) is 0. The third-order valence-electron chi connectivity index (χ3n) is 3.71. The first kappa shape index (κ1) is 11.8. The van der Waals surface area contributed by atoms with Crippen LogP contribution in [0.5, 0.6) is 0 Å². The van der Waals surface area contributed by atoms with Crippen LogP contribution < -0.4 is 4.90 Å². The minimum atomic E-state index is 0.483. The summed E-state index contributed by atoms with van der Waals surface area (Å²) in [5.41, 5.74) is 0.901. The Hall–Kier alpha value is -1.95. The van der Waals surface area contributed by atoms with Crippen molar-refractivity contribution >= 4 is 5.82 Å². The van der Waals surface area contributed by atoms with Gasteiger partial charge in [0.2, 0.25) is 11.7 Å². The van der Waals surface area contributed by atoms with Gasteiger partial charge in [-0.1, -0.05) is 5.16 Å². The Labute approximate surface area is 116 Å². The van der Waals surface area contributed by atoms with E-state index in [1.54, 1.807) is 0 Å². The monoisotopic (exact) mass is 272 g/mol. The van der Waals surface area contributed by atoms with Gasteiger partial charge >= 0.3 is 0 Å². The van der Waals surface area contributed by atoms with E-state index in [4.69, 9.17) is 9.26 Å². The molecule has 2 aromatic rings. The van der Waals surface area contributed by atoms with Gasteiger partial charge in [-0.3, -0.25) is 0 Å². The topological polar surface area (TPSA) is 64.3 Å². The molecule has 0 unspecified atom stereocenters. The zero-order valence-electron chi connectivity index (χ0n) is 11.2. The molecule has 2 fully saturated rings. The molecule has 3 heterocycles. The number of anilines is 1. The second kappa shape index (κ2) is 4.86. The van der Waals surface area contributed by atoms with Gasteiger partial charge < -0.3 is 14.2 Å². The van der Waals surface area contributed by atoms with Gasteiger partial charge in [-0.2, -0.15) is 4.98 Å². The standard InChI is InChI=1S/C14H16N4O2/c1-2-10(1)14-16-13(17-20-14)11-3-4-12(15-9-11)18-5-7-19-8-6-18/h3-4,9-10H,1-2,5-8H2. The molecule has 0 radical (unpaired) electrons. The average Bonchev–Trinajstić information content (AvgIpc) is 3.26. The van der Waals surface area contributed by atoms with E-state index in [1.165, 1.54) is 0 Å². The lowest BCUT2D eigenvalue weighted by Gasteiger charge is -2.27. The lowest BCUT2D eigenvalue weighted by atomic mass is 10.2. The molecule has 0 spiro atoms. The number of nitrogens with zero attached hydrogens (tertiary/aromatic N) is 4. The summed E-state index contributed by atoms with van der Waals surface area (Å²) in [6.07, 6.45) is 4.14. The predicted molar refractivity (Wildman–Crippen MR) is 72.5 cm³/mol. The molecule has 0 aromatic carbocycles. The van der Waals surface area contributed by atoms with Crippen LogP contribution in [0.1, 0.15) is 24.7 Å². The highest BCUT2D eigenvalue weighted by Gasteiger charge is 2.29. The Balaban J connectivity index is 1.53. The van der Waals surface area contributed by atoms with Crippen molar-refractivity contribution in [3.63, 3.8) is 0 Å². The Morgan fingerprint density at radius 1 is 1.15 bits per heavy atom. The molecule has 1 saturated heterocycles. The van der Waals surface area contributed by atoms with Crippen LogP contribution in [0.3, 0.4) is 0 Å². The highest BCUT2D eigenvalue weighted by molar-refractivity contribution is 5.56. The average molecular weight is 272 g/mol. The number of morpholine rings is 1. The fourth-order valence-electron chi connectivity index (χ4n) is 2.35. The van der Waals surface area contributed by atoms with Crippen molar-refractivity contribution in [2.75, 3.05) is 31.2 Å². The number of rotatable bonds is 3. The Morgan fingerprint density at radius 2 is 2.00 bits per heavy atom. The van der Waals surface area contributed by atoms with Crippen molar-refractivity contribution in [2.45, 2.75) is 18.8 Å². The fourth-order valence-corrected chi connectivity index (χ4v) is 2.35. The van der Waals surface area contributed by atoms with Gasteiger partial charge in [-0.25, -0.2) is 4.98 Å². The van der Waals surface area contributed by atoms with E-state index in [0.717, 1.165) is 56.4 Å². The summed E-state index contributed by atoms with van der Waals surface area (Å²) >= 11 is 0. The molecule has 20 heavy (non-hydrogen) atoms. The SMILES string of the molecule is c1cc(N2CCOCC2)ncc1-c1noc(C2CC2)n1. The summed E-state index contributed by atoms with van der Waals surface area (Å²) in [5, 5.41) is 4.03. The zero-order chi connectivity index (χ0) is 13.4. The second-order valence-corrected chi connectivity index (χ2v) is 5.23. The molecule has 6 heteroatoms. The molecule has 0 atom stereocenters. The van der Waals surface area contributed by atoms with Gasteiger partial charge in [0.15, 0.2) is 0 Å². The molecule has 6 nitrogen and oxygen atoms in total. The lowest BCUT2D eigenvalue weighted by Crippen LogP contribution is -2.36. The van der Waals surface area contributed by atoms with Crippen molar-refractivity contribution in [1.82, 2.24) is 15.1 Å². The normalized spacial score (nSPS) is 19.3. The Kier molecular flexibility index (Phi) is 2.88. The first-order valence-corrected chi connectivity index (χ1v) is 7.03. The third-order valence-corrected chi connectivity index (χ3v) is 3.71. The van der Waals surface area contributed by atoms with Crippen LogP contribution >= 0.6 is 0 Å². The van der Waals surface area contributed by atoms with Gasteiger partial charge in [-0.05, 0) is 25.0 Å². The highest BCUT2D eigenvalue weighted by Crippen LogP contribution is 2.39. The van der Waals surface area contributed by atoms with Gasteiger partial charge in [-0.15, -0.1) is 0 Å². The molecule has 0 N–H and O–H groups in total. The lowest BCUT2D eigenvalue weighted by molar-refractivity contribution is 0.122. The van der Waals surface area contributed by atoms with E-state index in [1.807, 2.05) is 18.3 Å². The smallest absolute Gasteiger partial charge is 0.230 e. The van der Waals surface area contributed by atoms with Crippen LogP contribution in [0.4, 0.5) is 5.82 Å². The molecule has 1 aliphatic heterocycles. The van der Waals surface area contributed by atoms with Crippen LogP contribution in [-0.4, -0.2) is 41.4 Å². The maximum atomic E-state index is 5.34. The molecule has 2 aromatic heterocycles. The number of hydrogen-bond acceptors (Lipinski definition) is 6. The van der Waals surface area contributed by atoms with Crippen molar-refractivity contribution < 1.29 is 9.26 Å². The predicted octanol–water partition coefficient (Wildman–Crippen LogP) is 1.85. The minimum Gasteiger partial charge on any atom is -0.378 e. The summed E-state index contributed by atoms with van der Waals surface area (Å²) in [7, 11) is 0. The first-order chi connectivity index (χ1) is 9.90. The first-order valence-electron chi connectivity index (χ1n) is 7.03. The van der Waals surface area contributed by atoms with Gasteiger partial charge in [0.25, 0.3) is 0 Å². The van der Waals surface area contributed by atoms with E-state index in [0.29, 0.717) is 11.7 Å². The second-order valence-electron chi connectivity index (χ2n) is 5.23. The molecule has 1 saturated carbocycles. The van der Waals surface area contributed by atoms with Crippen molar-refractivity contribution in [1.29, 1.82) is 0 Å². The molecular formula is C14H16N4O2. The van der Waals surface area contributed by atoms with Crippen molar-refractivity contribution in [3.8, 4) is 11.4 Å². The van der Waals surface area contributed by atoms with Crippen molar-refractivity contribution in [2.24, 2.45) is 0 Å². The maximum absolute atomic E-state index is 5.34. The summed E-state index contributed by atoms with van der Waals surface area (Å²) in [4.78, 5) is 11.2. The highest BCUT2D eigenvalue weighted by atomic mass is 16.5. The van der Waals surface area contributed by atoms with E-state index < -0.39 is 0 Å². The van der Waals surface area contributed by atoms with Gasteiger partial charge in [0.1, 0.15) is 5.82 Å². The van der Waals surface area contributed by atoms with Crippen LogP contribution in [0, 0.1) is 0 Å². The van der Waals surface area contributed by atoms with E-state index in [9.17, 15) is 0 Å². The number of aromatic nitrogens is 3. The molecule has 2 aliphatic rings. The van der Waals surface area contributed by atoms with Crippen LogP contribution in [-0.2, 0) is 4.74 Å². The summed E-state index contributed by atoms with van der Waals surface area (Å²) in [6.45, 7) is 3.30. The quantitative estimate of drug-likeness (QED) is 0.849. The molecule has 104 valence electrons. The molecular weight excluding hydrogens is 256 g/mol. The Morgan fingerprint density at radius 3 is 2.70 bits per heavy atom. The number of pyridine rings is 1. The summed E-state index contributed by atoms with van der Waals surface area (Å²) in [6, 6.07) is 4.01. The zero-order valence-corrected chi connectivity index (χ0v) is 11.2. The van der Waals surface area contributed by atoms with E-state index in [2.05, 4.69) is 20.0 Å². The Bertz CT molecular complexity index is 585. The van der Waals surface area contributed by atoms with Crippen molar-refractivity contribution in [3.05, 3.63) is 24.2 Å². The maximum Gasteiger partial charge on any atom is 0.230 e. The van der Waals surface area contributed by atoms with Crippen LogP contribution in [0.25, 0.3) is 11.4 Å². The van der Waals surface area contributed by atoms with Gasteiger partial charge in [0.05, 0.1) is 13.2 Å². The minimum absolute atomic E-state index is 0.483. The fraction of sp³-hybridized carbons (Fsp3) is 0.500. The van der Waals surface area contributed by atoms with E-state index >= 15 is 0 Å². The molecule has 0 amide bonds. The third kappa shape index (κ3) is 2.27.